The predicted molar refractivity (Wildman–Crippen MR) is 115 cm³/mol. The second kappa shape index (κ2) is 10.6. The molecule has 2 saturated heterocycles. The largest absolute Gasteiger partial charge is 0.428 e. The third-order valence-electron chi connectivity index (χ3n) is 6.19. The molecule has 0 amide bonds. The summed E-state index contributed by atoms with van der Waals surface area (Å²) in [6.45, 7) is 0. The first-order chi connectivity index (χ1) is 21.2. The molecule has 3 rings (SSSR count). The number of nitrogens with one attached hydrogen (secondary N) is 2. The Labute approximate surface area is 250 Å². The lowest BCUT2D eigenvalue weighted by molar-refractivity contribution is -0.364. The lowest BCUT2D eigenvalue weighted by atomic mass is 10.00. The fourth-order valence-corrected chi connectivity index (χ4v) is 3.42. The molecule has 1 aromatic carbocycles. The second-order valence-corrected chi connectivity index (χ2v) is 9.25. The monoisotopic (exact) mass is 740 g/mol. The maximum atomic E-state index is 14.3. The maximum Gasteiger partial charge on any atom is 0.428 e. The van der Waals surface area contributed by atoms with Gasteiger partial charge in [-0.05, 0) is 0 Å². The van der Waals surface area contributed by atoms with Crippen molar-refractivity contribution in [3.63, 3.8) is 0 Å². The number of oxime groups is 2. The van der Waals surface area contributed by atoms with Gasteiger partial charge in [-0.25, -0.2) is 0 Å². The molecule has 28 heteroatoms. The van der Waals surface area contributed by atoms with Crippen molar-refractivity contribution in [2.45, 2.75) is 59.5 Å². The van der Waals surface area contributed by atoms with E-state index in [2.05, 4.69) is 29.5 Å². The Hall–Kier alpha value is -4.24. The molecule has 270 valence electrons. The van der Waals surface area contributed by atoms with Gasteiger partial charge < -0.3 is 21.1 Å². The van der Waals surface area contributed by atoms with Gasteiger partial charge >= 0.3 is 59.5 Å². The minimum atomic E-state index is -6.96. The van der Waals surface area contributed by atoms with E-state index < -0.39 is 94.1 Å². The Balaban J connectivity index is 1.74. The van der Waals surface area contributed by atoms with Gasteiger partial charge in [-0.1, -0.05) is 34.6 Å². The first-order valence-corrected chi connectivity index (χ1v) is 11.3. The summed E-state index contributed by atoms with van der Waals surface area (Å²) in [5, 5.41) is 18.9. The Kier molecular flexibility index (Phi) is 8.46. The Morgan fingerprint density at radius 1 is 0.542 bits per heavy atom. The Morgan fingerprint density at radius 2 is 0.792 bits per heavy atom. The minimum Gasteiger partial charge on any atom is -0.380 e. The van der Waals surface area contributed by atoms with Crippen LogP contribution in [0.2, 0.25) is 0 Å². The molecule has 0 bridgehead atoms. The van der Waals surface area contributed by atoms with Crippen LogP contribution in [0.15, 0.2) is 34.6 Å². The predicted octanol–water partition coefficient (Wildman–Crippen LogP) is 5.30. The summed E-state index contributed by atoms with van der Waals surface area (Å²) < 4.78 is 249. The molecule has 2 aliphatic rings. The van der Waals surface area contributed by atoms with Crippen molar-refractivity contribution in [1.82, 2.24) is 0 Å². The van der Waals surface area contributed by atoms with Crippen LogP contribution in [0, 0.1) is 10.8 Å². The van der Waals surface area contributed by atoms with Crippen LogP contribution in [0.3, 0.4) is 0 Å². The molecule has 1 aromatic rings. The van der Waals surface area contributed by atoms with E-state index in [9.17, 15) is 79.0 Å². The number of rotatable bonds is 8. The van der Waals surface area contributed by atoms with Gasteiger partial charge in [0.25, 0.3) is 11.8 Å². The van der Waals surface area contributed by atoms with E-state index in [1.807, 2.05) is 0 Å². The zero-order chi connectivity index (χ0) is 37.5. The molecule has 10 nitrogen and oxygen atoms in total. The first kappa shape index (κ1) is 38.2. The van der Waals surface area contributed by atoms with Crippen molar-refractivity contribution >= 4 is 23.5 Å². The average Bonchev–Trinajstić information content (AvgIpc) is 3.13. The number of alkyl halides is 18. The van der Waals surface area contributed by atoms with Crippen LogP contribution in [0.25, 0.3) is 0 Å². The topological polar surface area (TPSA) is 161 Å². The van der Waals surface area contributed by atoms with Gasteiger partial charge in [0.05, 0.1) is 0 Å². The van der Waals surface area contributed by atoms with Crippen LogP contribution in [0.5, 0.6) is 0 Å². The summed E-state index contributed by atoms with van der Waals surface area (Å²) in [7, 11) is 0. The van der Waals surface area contributed by atoms with Gasteiger partial charge in [-0.15, -0.1) is 0 Å². The number of amidine groups is 2. The molecule has 6 N–H and O–H groups in total. The molecular formula is C20H10F18N6O4. The van der Waals surface area contributed by atoms with Crippen molar-refractivity contribution in [2.24, 2.45) is 21.8 Å². The highest BCUT2D eigenvalue weighted by atomic mass is 19.4. The summed E-state index contributed by atoms with van der Waals surface area (Å²) in [4.78, 5) is 7.20. The zero-order valence-corrected chi connectivity index (χ0v) is 21.8. The smallest absolute Gasteiger partial charge is 0.380 e. The molecule has 0 radical (unpaired) electrons. The number of ether oxygens (including phenoxy) is 2. The van der Waals surface area contributed by atoms with E-state index in [0.717, 1.165) is 0 Å². The van der Waals surface area contributed by atoms with E-state index in [-0.39, 0.29) is 0 Å². The highest BCUT2D eigenvalue weighted by Gasteiger charge is 2.97. The molecule has 0 saturated carbocycles. The number of hydrogen-bond donors (Lipinski definition) is 4. The van der Waals surface area contributed by atoms with Crippen molar-refractivity contribution < 1.29 is 98.2 Å². The molecule has 0 unspecified atom stereocenters. The van der Waals surface area contributed by atoms with E-state index in [4.69, 9.17) is 22.3 Å². The Morgan fingerprint density at radius 3 is 1.00 bits per heavy atom. The number of hydrogen-bond acceptors (Lipinski definition) is 8. The maximum absolute atomic E-state index is 14.3. The number of benzene rings is 1. The number of nitrogens with two attached hydrogens (primary N) is 2. The van der Waals surface area contributed by atoms with Gasteiger partial charge in [0.1, 0.15) is 0 Å². The summed E-state index contributed by atoms with van der Waals surface area (Å²) in [5.74, 6) is -62.1. The van der Waals surface area contributed by atoms with E-state index >= 15 is 0 Å². The van der Waals surface area contributed by atoms with Crippen molar-refractivity contribution in [3.05, 3.63) is 35.4 Å². The van der Waals surface area contributed by atoms with Gasteiger partial charge in [0.2, 0.25) is 0 Å². The summed E-state index contributed by atoms with van der Waals surface area (Å²) in [6, 6.07) is 2.73. The fraction of sp³-hybridized carbons (Fsp3) is 0.500. The van der Waals surface area contributed by atoms with Gasteiger partial charge in [-0.2, -0.15) is 79.0 Å². The summed E-state index contributed by atoms with van der Waals surface area (Å²) >= 11 is 0. The van der Waals surface area contributed by atoms with E-state index in [1.165, 1.54) is 0 Å². The fourth-order valence-electron chi connectivity index (χ4n) is 3.42. The lowest BCUT2D eigenvalue weighted by Crippen LogP contribution is -2.62. The van der Waals surface area contributed by atoms with Crippen molar-refractivity contribution in [1.29, 1.82) is 10.8 Å². The first-order valence-electron chi connectivity index (χ1n) is 11.3. The molecule has 2 atom stereocenters. The lowest BCUT2D eigenvalue weighted by Gasteiger charge is -2.31. The highest BCUT2D eigenvalue weighted by Crippen LogP contribution is 2.66. The normalized spacial score (nSPS) is 29.0. The summed E-state index contributed by atoms with van der Waals surface area (Å²) in [6.07, 6.45) is -13.0. The van der Waals surface area contributed by atoms with Crippen LogP contribution in [-0.4, -0.2) is 82.9 Å². The number of nitrogens with zero attached hydrogens (tertiary/aromatic N) is 2. The second-order valence-electron chi connectivity index (χ2n) is 9.25. The number of halogens is 18. The molecule has 0 aliphatic carbocycles. The standard InChI is InChI=1S/C20H10F18N6O4/c21-11(22,17(33)13(25,26)15(29,30)19(35,36)47-17)9(41)45-43-7(39)5-1-2-6(4-3-5)8(40)44-46-10(42)12(23,24)18(34)14(27,28)16(31,32)20(37,38)48-18/h1-4,41-42H,(H2,39,43)(H2,40,44)/t17-,18-/m1/s1. The average molecular weight is 740 g/mol. The highest BCUT2D eigenvalue weighted by molar-refractivity contribution is 6.01. The third kappa shape index (κ3) is 4.84. The van der Waals surface area contributed by atoms with Crippen molar-refractivity contribution in [3.8, 4) is 0 Å². The van der Waals surface area contributed by atoms with Crippen molar-refractivity contribution in [2.75, 3.05) is 0 Å². The minimum absolute atomic E-state index is 0.542. The summed E-state index contributed by atoms with van der Waals surface area (Å²) in [5.41, 5.74) is 9.47. The van der Waals surface area contributed by atoms with Crippen LogP contribution in [-0.2, 0) is 19.1 Å². The van der Waals surface area contributed by atoms with Crippen LogP contribution in [0.1, 0.15) is 11.1 Å². The van der Waals surface area contributed by atoms with E-state index in [1.54, 1.807) is 0 Å². The molecule has 0 aromatic heterocycles. The Bertz CT molecular complexity index is 1440. The molecule has 2 aliphatic heterocycles. The van der Waals surface area contributed by atoms with Crippen LogP contribution in [0.4, 0.5) is 79.0 Å². The molecule has 2 heterocycles. The van der Waals surface area contributed by atoms with E-state index in [0.29, 0.717) is 24.3 Å². The quantitative estimate of drug-likeness (QED) is 0.122. The molecule has 2 fully saturated rings. The molecule has 0 spiro atoms. The van der Waals surface area contributed by atoms with Crippen LogP contribution >= 0.6 is 0 Å². The van der Waals surface area contributed by atoms with Gasteiger partial charge in [0.15, 0.2) is 11.7 Å². The van der Waals surface area contributed by atoms with Gasteiger partial charge in [0, 0.05) is 11.1 Å². The molecular weight excluding hydrogens is 730 g/mol. The SMILES string of the molecule is N=C(O/N=C(\N)c1ccc(/C(N)=N/OC(=N)C(F)(F)[C@@]2(F)OC(F)(F)C(F)(F)C2(F)F)cc1)C(F)(F)[C@@]1(F)OC(F)(F)C(F)(F)C1(F)F. The zero-order valence-electron chi connectivity index (χ0n) is 21.8. The molecule has 48 heavy (non-hydrogen) atoms. The van der Waals surface area contributed by atoms with Gasteiger partial charge in [-0.3, -0.25) is 20.3 Å². The van der Waals surface area contributed by atoms with Crippen LogP contribution < -0.4 is 11.5 Å². The third-order valence-corrected chi connectivity index (χ3v) is 6.19.